The number of nitrogens with two attached hydrogens (primary N) is 1. The highest BCUT2D eigenvalue weighted by Gasteiger charge is 2.44. The smallest absolute Gasteiger partial charge is 0.321 e. The number of hydrogen-bond donors (Lipinski definition) is 2. The lowest BCUT2D eigenvalue weighted by molar-refractivity contribution is -0.131. The molecule has 7 nitrogen and oxygen atoms in total. The van der Waals surface area contributed by atoms with E-state index >= 15 is 0 Å². The van der Waals surface area contributed by atoms with E-state index in [0.717, 1.165) is 35.7 Å². The van der Waals surface area contributed by atoms with Crippen LogP contribution in [0.3, 0.4) is 0 Å². The number of aliphatic imine (C=N–C) groups is 1. The zero-order valence-corrected chi connectivity index (χ0v) is 19.9. The molecule has 176 valence electrons. The molecule has 0 bridgehead atoms. The summed E-state index contributed by atoms with van der Waals surface area (Å²) in [5.74, 6) is 1.19. The van der Waals surface area contributed by atoms with Crippen molar-refractivity contribution in [3.63, 3.8) is 0 Å². The first kappa shape index (κ1) is 23.1. The molecule has 0 aromatic heterocycles. The average Bonchev–Trinajstić information content (AvgIpc) is 2.99. The minimum Gasteiger partial charge on any atom is -0.369 e. The predicted octanol–water partition coefficient (Wildman–Crippen LogP) is 4.44. The van der Waals surface area contributed by atoms with Gasteiger partial charge in [0, 0.05) is 25.0 Å². The van der Waals surface area contributed by atoms with E-state index in [1.165, 1.54) is 0 Å². The minimum atomic E-state index is -0.735. The lowest BCUT2D eigenvalue weighted by atomic mass is 9.90. The molecule has 2 heterocycles. The number of fused-ring (bicyclic) bond motifs is 1. The van der Waals surface area contributed by atoms with Crippen molar-refractivity contribution in [2.45, 2.75) is 52.0 Å². The van der Waals surface area contributed by atoms with Crippen molar-refractivity contribution in [1.82, 2.24) is 9.80 Å². The summed E-state index contributed by atoms with van der Waals surface area (Å²) in [6.07, 6.45) is 3.42. The molecule has 0 saturated carbocycles. The first-order valence-electron chi connectivity index (χ1n) is 12.0. The molecular formula is C26H35N5O2. The van der Waals surface area contributed by atoms with Gasteiger partial charge in [-0.25, -0.2) is 9.79 Å². The molecule has 3 N–H and O–H groups in total. The average molecular weight is 450 g/mol. The maximum Gasteiger partial charge on any atom is 0.321 e. The summed E-state index contributed by atoms with van der Waals surface area (Å²) in [4.78, 5) is 33.8. The van der Waals surface area contributed by atoms with Crippen molar-refractivity contribution in [2.24, 2.45) is 22.6 Å². The zero-order valence-electron chi connectivity index (χ0n) is 19.9. The van der Waals surface area contributed by atoms with Gasteiger partial charge in [-0.3, -0.25) is 9.69 Å². The van der Waals surface area contributed by atoms with Gasteiger partial charge in [0.1, 0.15) is 5.54 Å². The Morgan fingerprint density at radius 2 is 1.88 bits per heavy atom. The predicted molar refractivity (Wildman–Crippen MR) is 133 cm³/mol. The second-order valence-corrected chi connectivity index (χ2v) is 9.97. The Morgan fingerprint density at radius 3 is 2.61 bits per heavy atom. The number of urea groups is 1. The van der Waals surface area contributed by atoms with Gasteiger partial charge < -0.3 is 16.0 Å². The van der Waals surface area contributed by atoms with Crippen molar-refractivity contribution in [3.8, 4) is 0 Å². The highest BCUT2D eigenvalue weighted by molar-refractivity contribution is 6.06. The molecule has 2 aliphatic heterocycles. The van der Waals surface area contributed by atoms with Crippen molar-refractivity contribution >= 4 is 34.4 Å². The quantitative estimate of drug-likeness (QED) is 0.683. The Hall–Kier alpha value is -3.09. The molecule has 1 atom stereocenters. The first-order chi connectivity index (χ1) is 15.8. The Kier molecular flexibility index (Phi) is 6.58. The normalized spacial score (nSPS) is 21.7. The number of guanidine groups is 1. The fourth-order valence-electron chi connectivity index (χ4n) is 5.16. The van der Waals surface area contributed by atoms with Crippen LogP contribution in [-0.2, 0) is 4.79 Å². The van der Waals surface area contributed by atoms with Gasteiger partial charge in [-0.1, -0.05) is 50.2 Å². The Bertz CT molecular complexity index is 1050. The summed E-state index contributed by atoms with van der Waals surface area (Å²) in [5, 5.41) is 5.24. The van der Waals surface area contributed by atoms with E-state index in [9.17, 15) is 9.59 Å². The Labute approximate surface area is 196 Å². The van der Waals surface area contributed by atoms with Crippen LogP contribution in [0.15, 0.2) is 47.5 Å². The van der Waals surface area contributed by atoms with Crippen LogP contribution in [0, 0.1) is 11.8 Å². The SMILES string of the molecule is CC(C)CC1(C)N=C(N)N(CCC2CCN(C(=O)Nc3cccc4ccccc34)CC2)C1=O. The Morgan fingerprint density at radius 1 is 1.18 bits per heavy atom. The van der Waals surface area contributed by atoms with Crippen LogP contribution in [0.25, 0.3) is 10.8 Å². The van der Waals surface area contributed by atoms with E-state index in [1.807, 2.05) is 54.3 Å². The summed E-state index contributed by atoms with van der Waals surface area (Å²) in [7, 11) is 0. The molecule has 0 spiro atoms. The van der Waals surface area contributed by atoms with E-state index in [0.29, 0.717) is 43.9 Å². The van der Waals surface area contributed by atoms with Crippen LogP contribution < -0.4 is 11.1 Å². The molecule has 0 aliphatic carbocycles. The maximum absolute atomic E-state index is 12.9. The fraction of sp³-hybridized carbons (Fsp3) is 0.500. The molecule has 3 amide bonds. The summed E-state index contributed by atoms with van der Waals surface area (Å²) < 4.78 is 0. The monoisotopic (exact) mass is 449 g/mol. The Balaban J connectivity index is 1.27. The summed E-state index contributed by atoms with van der Waals surface area (Å²) >= 11 is 0. The van der Waals surface area contributed by atoms with Crippen LogP contribution >= 0.6 is 0 Å². The van der Waals surface area contributed by atoms with Gasteiger partial charge in [-0.05, 0) is 55.9 Å². The standard InChI is InChI=1S/C26H35N5O2/c1-18(2)17-26(3)23(32)31(24(27)29-26)16-13-19-11-14-30(15-12-19)25(33)28-22-10-6-8-20-7-4-5-9-21(20)22/h4-10,18-19H,11-17H2,1-3H3,(H2,27,29)(H,28,33). The van der Waals surface area contributed by atoms with Crippen molar-refractivity contribution < 1.29 is 9.59 Å². The number of carbonyl (C=O) groups excluding carboxylic acids is 2. The van der Waals surface area contributed by atoms with Gasteiger partial charge in [0.2, 0.25) is 0 Å². The van der Waals surface area contributed by atoms with Crippen molar-refractivity contribution in [2.75, 3.05) is 25.0 Å². The highest BCUT2D eigenvalue weighted by atomic mass is 16.2. The third-order valence-electron chi connectivity index (χ3n) is 6.84. The van der Waals surface area contributed by atoms with Crippen LogP contribution in [0.2, 0.25) is 0 Å². The highest BCUT2D eigenvalue weighted by Crippen LogP contribution is 2.30. The van der Waals surface area contributed by atoms with Gasteiger partial charge in [-0.2, -0.15) is 0 Å². The number of carbonyl (C=O) groups is 2. The van der Waals surface area contributed by atoms with Crippen molar-refractivity contribution in [1.29, 1.82) is 0 Å². The lowest BCUT2D eigenvalue weighted by Gasteiger charge is -2.33. The molecule has 7 heteroatoms. The molecule has 2 aromatic rings. The van der Waals surface area contributed by atoms with Crippen molar-refractivity contribution in [3.05, 3.63) is 42.5 Å². The summed E-state index contributed by atoms with van der Waals surface area (Å²) in [5.41, 5.74) is 6.21. The van der Waals surface area contributed by atoms with Gasteiger partial charge in [-0.15, -0.1) is 0 Å². The van der Waals surface area contributed by atoms with Gasteiger partial charge in [0.05, 0.1) is 5.69 Å². The molecule has 1 fully saturated rings. The minimum absolute atomic E-state index is 0.0144. The number of amides is 3. The molecule has 1 saturated heterocycles. The topological polar surface area (TPSA) is 91.0 Å². The maximum atomic E-state index is 12.9. The number of nitrogens with zero attached hydrogens (tertiary/aromatic N) is 3. The van der Waals surface area contributed by atoms with Crippen LogP contribution in [0.4, 0.5) is 10.5 Å². The molecule has 4 rings (SSSR count). The van der Waals surface area contributed by atoms with E-state index in [1.54, 1.807) is 4.90 Å². The molecule has 1 unspecified atom stereocenters. The summed E-state index contributed by atoms with van der Waals surface area (Å²) in [6, 6.07) is 14.0. The van der Waals surface area contributed by atoms with E-state index in [-0.39, 0.29) is 11.9 Å². The van der Waals surface area contributed by atoms with Gasteiger partial charge in [0.25, 0.3) is 5.91 Å². The lowest BCUT2D eigenvalue weighted by Crippen LogP contribution is -2.45. The zero-order chi connectivity index (χ0) is 23.6. The number of anilines is 1. The van der Waals surface area contributed by atoms with E-state index in [4.69, 9.17) is 5.73 Å². The van der Waals surface area contributed by atoms with E-state index < -0.39 is 5.54 Å². The molecule has 2 aliphatic rings. The van der Waals surface area contributed by atoms with Crippen LogP contribution in [0.5, 0.6) is 0 Å². The summed E-state index contributed by atoms with van der Waals surface area (Å²) in [6.45, 7) is 8.09. The number of hydrogen-bond acceptors (Lipinski definition) is 4. The number of likely N-dealkylation sites (tertiary alicyclic amines) is 1. The molecule has 0 radical (unpaired) electrons. The number of nitrogens with one attached hydrogen (secondary N) is 1. The van der Waals surface area contributed by atoms with Crippen LogP contribution in [0.1, 0.15) is 46.5 Å². The van der Waals surface area contributed by atoms with Gasteiger partial charge >= 0.3 is 6.03 Å². The molecular weight excluding hydrogens is 414 g/mol. The van der Waals surface area contributed by atoms with E-state index in [2.05, 4.69) is 24.2 Å². The van der Waals surface area contributed by atoms with Crippen LogP contribution in [-0.4, -0.2) is 52.9 Å². The third kappa shape index (κ3) is 4.97. The number of piperidine rings is 1. The molecule has 2 aromatic carbocycles. The second-order valence-electron chi connectivity index (χ2n) is 9.97. The second kappa shape index (κ2) is 9.41. The number of rotatable bonds is 6. The first-order valence-corrected chi connectivity index (χ1v) is 12.0. The largest absolute Gasteiger partial charge is 0.369 e. The van der Waals surface area contributed by atoms with Gasteiger partial charge in [0.15, 0.2) is 5.96 Å². The fourth-order valence-corrected chi connectivity index (χ4v) is 5.16. The number of benzene rings is 2. The third-order valence-corrected chi connectivity index (χ3v) is 6.84. The molecule has 33 heavy (non-hydrogen) atoms.